The molecule has 0 aliphatic carbocycles. The molecule has 2 aliphatic rings. The van der Waals surface area contributed by atoms with Gasteiger partial charge in [-0.15, -0.1) is 35.8 Å². The maximum absolute atomic E-state index is 7.45. The second-order valence-corrected chi connectivity index (χ2v) is 21.4. The van der Waals surface area contributed by atoms with Crippen molar-refractivity contribution in [2.24, 2.45) is 0 Å². The molecule has 0 saturated heterocycles. The van der Waals surface area contributed by atoms with Gasteiger partial charge in [-0.05, 0) is 79.0 Å². The average molecular weight is 1250 g/mol. The van der Waals surface area contributed by atoms with E-state index in [0.29, 0.717) is 11.5 Å². The third kappa shape index (κ3) is 7.77. The average Bonchev–Trinajstić information content (AvgIpc) is 1.98. The molecule has 0 fully saturated rings. The van der Waals surface area contributed by atoms with Crippen LogP contribution in [-0.4, -0.2) is 9.38 Å². The van der Waals surface area contributed by atoms with E-state index in [4.69, 9.17) is 9.72 Å². The predicted octanol–water partition coefficient (Wildman–Crippen LogP) is 20.8. The molecule has 5 nitrogen and oxygen atoms in total. The van der Waals surface area contributed by atoms with Gasteiger partial charge in [-0.25, -0.2) is 4.98 Å². The SMILES string of the molecule is [Pt].[c-]1c(Oc2[c-]c3c(cc2-c2ccccc2)c2cc(-c4ccccc4)cc4c5ccccc5c5ccccc5c5cccnc5n3c42)ccc2c1N1[CH-]N(c3c(-c4ccccc4)cccc3-c3ccccc3)c3cccc(c31)-c1ccccc1-2. The summed E-state index contributed by atoms with van der Waals surface area (Å²) in [7, 11) is 0. The fraction of sp³-hybridized carbons (Fsp3) is 0. The van der Waals surface area contributed by atoms with Crippen LogP contribution < -0.4 is 14.5 Å². The van der Waals surface area contributed by atoms with Crippen molar-refractivity contribution in [2.45, 2.75) is 0 Å². The second-order valence-electron chi connectivity index (χ2n) is 21.4. The van der Waals surface area contributed by atoms with Crippen LogP contribution in [0.2, 0.25) is 0 Å². The molecule has 0 bridgehead atoms. The van der Waals surface area contributed by atoms with Crippen LogP contribution in [0.1, 0.15) is 0 Å². The van der Waals surface area contributed by atoms with Crippen LogP contribution in [-0.2, 0) is 21.1 Å². The van der Waals surface area contributed by atoms with Gasteiger partial charge >= 0.3 is 0 Å². The van der Waals surface area contributed by atoms with E-state index in [2.05, 4.69) is 300 Å². The van der Waals surface area contributed by atoms with Crippen molar-refractivity contribution in [3.8, 4) is 78.3 Å². The Labute approximate surface area is 500 Å². The van der Waals surface area contributed by atoms with Crippen LogP contribution in [0.3, 0.4) is 0 Å². The van der Waals surface area contributed by atoms with Gasteiger partial charge in [0.25, 0.3) is 0 Å². The summed E-state index contributed by atoms with van der Waals surface area (Å²) in [6.45, 7) is 2.26. The van der Waals surface area contributed by atoms with Gasteiger partial charge < -0.3 is 18.9 Å². The van der Waals surface area contributed by atoms with Crippen molar-refractivity contribution >= 4 is 82.5 Å². The molecule has 6 heteroatoms. The molecule has 0 spiro atoms. The van der Waals surface area contributed by atoms with Crippen LogP contribution >= 0.6 is 0 Å². The van der Waals surface area contributed by atoms with Crippen molar-refractivity contribution in [1.82, 2.24) is 9.38 Å². The molecule has 0 atom stereocenters. The molecule has 0 amide bonds. The maximum atomic E-state index is 7.45. The van der Waals surface area contributed by atoms with Gasteiger partial charge in [0.15, 0.2) is 0 Å². The first-order chi connectivity index (χ1) is 41.2. The van der Waals surface area contributed by atoms with Crippen LogP contribution in [0.25, 0.3) is 127 Å². The second kappa shape index (κ2) is 20.0. The zero-order valence-corrected chi connectivity index (χ0v) is 47.4. The quantitative estimate of drug-likeness (QED) is 0.149. The molecule has 5 heterocycles. The summed E-state index contributed by atoms with van der Waals surface area (Å²) >= 11 is 0. The van der Waals surface area contributed by atoms with Gasteiger partial charge in [0.1, 0.15) is 5.65 Å². The van der Waals surface area contributed by atoms with Crippen LogP contribution in [0.4, 0.5) is 22.7 Å². The van der Waals surface area contributed by atoms with Crippen LogP contribution in [0, 0.1) is 18.8 Å². The molecule has 398 valence electrons. The van der Waals surface area contributed by atoms with Crippen LogP contribution in [0.5, 0.6) is 11.5 Å². The number of fused-ring (bicyclic) bond motifs is 15. The molecule has 3 aromatic heterocycles. The van der Waals surface area contributed by atoms with E-state index in [1.165, 1.54) is 0 Å². The normalized spacial score (nSPS) is 12.3. The summed E-state index contributed by atoms with van der Waals surface area (Å²) < 4.78 is 9.79. The predicted molar refractivity (Wildman–Crippen MR) is 343 cm³/mol. The summed E-state index contributed by atoms with van der Waals surface area (Å²) in [4.78, 5) is 10.0. The first kappa shape index (κ1) is 49.5. The Bertz CT molecular complexity index is 5100. The Morgan fingerprint density at radius 1 is 0.345 bits per heavy atom. The molecule has 84 heavy (non-hydrogen) atoms. The first-order valence-corrected chi connectivity index (χ1v) is 28.2. The Morgan fingerprint density at radius 3 is 1.49 bits per heavy atom. The van der Waals surface area contributed by atoms with Gasteiger partial charge in [0.2, 0.25) is 0 Å². The maximum Gasteiger partial charge on any atom is 0.143 e. The third-order valence-electron chi connectivity index (χ3n) is 16.8. The minimum atomic E-state index is 0. The summed E-state index contributed by atoms with van der Waals surface area (Å²) in [6, 6.07) is 106. The number of pyridine rings is 1. The van der Waals surface area contributed by atoms with Crippen molar-refractivity contribution in [3.63, 3.8) is 0 Å². The van der Waals surface area contributed by atoms with Crippen molar-refractivity contribution < 1.29 is 25.8 Å². The largest absolute Gasteiger partial charge is 0.509 e. The van der Waals surface area contributed by atoms with Gasteiger partial charge in [0, 0.05) is 88.8 Å². The van der Waals surface area contributed by atoms with E-state index in [9.17, 15) is 0 Å². The standard InChI is InChI=1S/C78H47N4O.Pt/c1-5-22-50(23-6-1)54-44-69-63-35-18-14-31-59(63)58-30-13-17-34-62(58)66-39-21-43-79-78(66)82-73-48-74(67(53-28-11-4-12-29-53)47-68(73)70(45-54)76(69)82)83-55-41-42-64-60-32-15-16-33-61(60)65-38-20-40-71-77(65)81(72(64)46-55)49-80(71)75-56(51-24-7-2-8-25-51)36-19-37-57(75)52-26-9-3-10-27-52;/h1-45,47,49H;/q-3;. The van der Waals surface area contributed by atoms with E-state index >= 15 is 0 Å². The summed E-state index contributed by atoms with van der Waals surface area (Å²) in [5.41, 5.74) is 20.0. The summed E-state index contributed by atoms with van der Waals surface area (Å²) in [5, 5.41) is 8.82. The number of benzene rings is 12. The molecule has 17 rings (SSSR count). The smallest absolute Gasteiger partial charge is 0.143 e. The van der Waals surface area contributed by atoms with Crippen molar-refractivity contribution in [1.29, 1.82) is 0 Å². The number of hydrogen-bond acceptors (Lipinski definition) is 4. The number of ether oxygens (including phenoxy) is 1. The molecule has 0 unspecified atom stereocenters. The minimum absolute atomic E-state index is 0. The molecule has 2 aliphatic heterocycles. The zero-order valence-electron chi connectivity index (χ0n) is 45.1. The van der Waals surface area contributed by atoms with E-state index in [0.717, 1.165) is 149 Å². The summed E-state index contributed by atoms with van der Waals surface area (Å²) in [6.07, 6.45) is 1.91. The minimum Gasteiger partial charge on any atom is -0.509 e. The zero-order chi connectivity index (χ0) is 54.5. The van der Waals surface area contributed by atoms with Gasteiger partial charge in [-0.3, -0.25) is 0 Å². The van der Waals surface area contributed by atoms with Crippen molar-refractivity contribution in [3.05, 3.63) is 298 Å². The molecule has 15 aromatic rings. The van der Waals surface area contributed by atoms with Gasteiger partial charge in [-0.1, -0.05) is 258 Å². The molecule has 0 saturated carbocycles. The molecule has 0 N–H and O–H groups in total. The Kier molecular flexibility index (Phi) is 11.8. The number of anilines is 4. The monoisotopic (exact) mass is 1250 g/mol. The van der Waals surface area contributed by atoms with E-state index in [1.54, 1.807) is 0 Å². The Balaban J connectivity index is 0.00000577. The molecular formula is C78H47N4OPt-3. The van der Waals surface area contributed by atoms with E-state index in [-0.39, 0.29) is 21.1 Å². The molecular weight excluding hydrogens is 1200 g/mol. The topological polar surface area (TPSA) is 33.0 Å². The molecule has 0 radical (unpaired) electrons. The van der Waals surface area contributed by atoms with Gasteiger partial charge in [-0.2, -0.15) is 12.1 Å². The number of nitrogens with zero attached hydrogens (tertiary/aromatic N) is 4. The van der Waals surface area contributed by atoms with E-state index < -0.39 is 0 Å². The van der Waals surface area contributed by atoms with Crippen LogP contribution in [0.15, 0.2) is 279 Å². The molecule has 12 aromatic carbocycles. The third-order valence-corrected chi connectivity index (χ3v) is 16.8. The van der Waals surface area contributed by atoms with Gasteiger partial charge in [0.05, 0.1) is 0 Å². The number of aromatic nitrogens is 2. The fourth-order valence-electron chi connectivity index (χ4n) is 13.2. The Hall–Kier alpha value is -10.3. The number of hydrogen-bond donors (Lipinski definition) is 0. The first-order valence-electron chi connectivity index (χ1n) is 28.2. The van der Waals surface area contributed by atoms with Crippen molar-refractivity contribution in [2.75, 3.05) is 9.80 Å². The number of para-hydroxylation sites is 2. The number of rotatable bonds is 7. The Morgan fingerprint density at radius 2 is 0.845 bits per heavy atom. The fourth-order valence-corrected chi connectivity index (χ4v) is 13.2. The summed E-state index contributed by atoms with van der Waals surface area (Å²) in [5.74, 6) is 1.14. The van der Waals surface area contributed by atoms with E-state index in [1.807, 2.05) is 12.3 Å².